The molecule has 152 valence electrons. The Kier molecular flexibility index (Phi) is 6.23. The Morgan fingerprint density at radius 3 is 2.55 bits per heavy atom. The Morgan fingerprint density at radius 1 is 1.10 bits per heavy atom. The van der Waals surface area contributed by atoms with Crippen LogP contribution >= 0.6 is 11.6 Å². The first-order valence-electron chi connectivity index (χ1n) is 8.71. The highest BCUT2D eigenvalue weighted by molar-refractivity contribution is 6.31. The van der Waals surface area contributed by atoms with E-state index in [1.165, 1.54) is 7.11 Å². The molecule has 1 atom stereocenters. The fraction of sp³-hybridized carbons (Fsp3) is 0.250. The first-order chi connectivity index (χ1) is 13.9. The second-order valence-corrected chi connectivity index (χ2v) is 6.60. The molecule has 9 heteroatoms. The van der Waals surface area contributed by atoms with E-state index in [2.05, 4.69) is 15.6 Å². The largest absolute Gasteiger partial charge is 0.493 e. The number of hydrogen-bond acceptors (Lipinski definition) is 7. The maximum absolute atomic E-state index is 12.6. The van der Waals surface area contributed by atoms with E-state index < -0.39 is 12.0 Å². The molecule has 1 aromatic heterocycles. The third-order valence-corrected chi connectivity index (χ3v) is 4.62. The molecule has 8 nitrogen and oxygen atoms in total. The van der Waals surface area contributed by atoms with Crippen LogP contribution in [0.2, 0.25) is 5.02 Å². The summed E-state index contributed by atoms with van der Waals surface area (Å²) in [6, 6.07) is 10.4. The van der Waals surface area contributed by atoms with Crippen molar-refractivity contribution in [2.45, 2.75) is 20.0 Å². The average Bonchev–Trinajstić information content (AvgIpc) is 3.18. The number of anilines is 1. The van der Waals surface area contributed by atoms with Gasteiger partial charge in [-0.2, -0.15) is 0 Å². The summed E-state index contributed by atoms with van der Waals surface area (Å²) < 4.78 is 21.0. The highest BCUT2D eigenvalue weighted by Gasteiger charge is 2.21. The molecule has 3 rings (SSSR count). The number of aryl methyl sites for hydroxylation is 1. The van der Waals surface area contributed by atoms with Gasteiger partial charge in [0.2, 0.25) is 5.82 Å². The number of nitrogens with zero attached hydrogens (tertiary/aromatic N) is 2. The molecule has 0 saturated heterocycles. The molecule has 0 radical (unpaired) electrons. The highest BCUT2D eigenvalue weighted by atomic mass is 35.5. The number of carbonyl (C=O) groups excluding carboxylic acids is 1. The predicted octanol–water partition coefficient (Wildman–Crippen LogP) is 4.12. The first-order valence-corrected chi connectivity index (χ1v) is 9.09. The fourth-order valence-corrected chi connectivity index (χ4v) is 2.73. The molecule has 0 bridgehead atoms. The monoisotopic (exact) mass is 417 g/mol. The van der Waals surface area contributed by atoms with E-state index in [0.29, 0.717) is 33.5 Å². The van der Waals surface area contributed by atoms with Crippen LogP contribution in [0.4, 0.5) is 5.82 Å². The topological polar surface area (TPSA) is 95.7 Å². The summed E-state index contributed by atoms with van der Waals surface area (Å²) in [7, 11) is 3.08. The number of halogens is 1. The lowest BCUT2D eigenvalue weighted by molar-refractivity contribution is -0.122. The van der Waals surface area contributed by atoms with E-state index in [4.69, 9.17) is 30.4 Å². The molecule has 0 aliphatic rings. The second kappa shape index (κ2) is 8.83. The van der Waals surface area contributed by atoms with Gasteiger partial charge in [0.05, 0.1) is 14.2 Å². The number of aromatic nitrogens is 2. The van der Waals surface area contributed by atoms with Crippen molar-refractivity contribution < 1.29 is 23.6 Å². The average molecular weight is 418 g/mol. The number of benzene rings is 2. The van der Waals surface area contributed by atoms with E-state index >= 15 is 0 Å². The highest BCUT2D eigenvalue weighted by Crippen LogP contribution is 2.34. The fourth-order valence-electron chi connectivity index (χ4n) is 2.61. The molecule has 29 heavy (non-hydrogen) atoms. The summed E-state index contributed by atoms with van der Waals surface area (Å²) in [6.45, 7) is 3.49. The van der Waals surface area contributed by atoms with Gasteiger partial charge in [0.25, 0.3) is 5.91 Å². The van der Waals surface area contributed by atoms with Gasteiger partial charge >= 0.3 is 0 Å². The van der Waals surface area contributed by atoms with Gasteiger partial charge in [0, 0.05) is 10.6 Å². The molecule has 0 fully saturated rings. The Labute approximate surface area is 172 Å². The van der Waals surface area contributed by atoms with Crippen LogP contribution < -0.4 is 19.5 Å². The van der Waals surface area contributed by atoms with Crippen molar-refractivity contribution in [3.63, 3.8) is 0 Å². The van der Waals surface area contributed by atoms with E-state index in [9.17, 15) is 4.79 Å². The normalized spacial score (nSPS) is 11.6. The van der Waals surface area contributed by atoms with Crippen LogP contribution in [0.15, 0.2) is 41.0 Å². The molecule has 1 amide bonds. The minimum atomic E-state index is -0.787. The van der Waals surface area contributed by atoms with Gasteiger partial charge in [-0.1, -0.05) is 11.6 Å². The Hall–Kier alpha value is -3.26. The number of methoxy groups -OCH3 is 2. The maximum atomic E-state index is 12.6. The molecular weight excluding hydrogens is 398 g/mol. The van der Waals surface area contributed by atoms with E-state index in [-0.39, 0.29) is 5.82 Å². The summed E-state index contributed by atoms with van der Waals surface area (Å²) in [5, 5.41) is 11.0. The van der Waals surface area contributed by atoms with Crippen molar-refractivity contribution in [1.29, 1.82) is 0 Å². The molecule has 0 spiro atoms. The van der Waals surface area contributed by atoms with E-state index in [1.807, 2.05) is 6.92 Å². The van der Waals surface area contributed by atoms with Gasteiger partial charge in [0.15, 0.2) is 23.3 Å². The summed E-state index contributed by atoms with van der Waals surface area (Å²) in [4.78, 5) is 12.6. The molecule has 1 N–H and O–H groups in total. The van der Waals surface area contributed by atoms with E-state index in [1.54, 1.807) is 50.4 Å². The lowest BCUT2D eigenvalue weighted by atomic mass is 10.1. The molecular formula is C20H20ClN3O5. The number of amides is 1. The van der Waals surface area contributed by atoms with Crippen LogP contribution in [0.3, 0.4) is 0 Å². The third kappa shape index (κ3) is 4.60. The van der Waals surface area contributed by atoms with Gasteiger partial charge in [-0.05, 0) is 66.1 Å². The van der Waals surface area contributed by atoms with Crippen molar-refractivity contribution >= 4 is 23.3 Å². The number of nitrogens with one attached hydrogen (secondary N) is 1. The quantitative estimate of drug-likeness (QED) is 0.617. The van der Waals surface area contributed by atoms with Crippen LogP contribution in [0.5, 0.6) is 17.2 Å². The lowest BCUT2D eigenvalue weighted by Gasteiger charge is -2.14. The minimum Gasteiger partial charge on any atom is -0.493 e. The second-order valence-electron chi connectivity index (χ2n) is 6.19. The SMILES string of the molecule is COc1ccc(-c2nonc2NC(=O)[C@@H](C)Oc2ccc(Cl)c(C)c2)cc1OC. The van der Waals surface area contributed by atoms with Gasteiger partial charge in [-0.15, -0.1) is 0 Å². The zero-order valence-corrected chi connectivity index (χ0v) is 17.1. The van der Waals surface area contributed by atoms with Crippen molar-refractivity contribution in [1.82, 2.24) is 10.3 Å². The molecule has 0 unspecified atom stereocenters. The van der Waals surface area contributed by atoms with Crippen molar-refractivity contribution in [2.24, 2.45) is 0 Å². The number of carbonyl (C=O) groups is 1. The van der Waals surface area contributed by atoms with Crippen LogP contribution in [0.25, 0.3) is 11.3 Å². The summed E-state index contributed by atoms with van der Waals surface area (Å²) in [6.07, 6.45) is -0.787. The summed E-state index contributed by atoms with van der Waals surface area (Å²) >= 11 is 6.01. The van der Waals surface area contributed by atoms with Crippen LogP contribution in [-0.4, -0.2) is 36.5 Å². The molecule has 0 aliphatic heterocycles. The van der Waals surface area contributed by atoms with Gasteiger partial charge in [0.1, 0.15) is 5.75 Å². The van der Waals surface area contributed by atoms with Crippen LogP contribution in [0, 0.1) is 6.92 Å². The number of rotatable bonds is 7. The van der Waals surface area contributed by atoms with Crippen molar-refractivity contribution in [3.05, 3.63) is 47.0 Å². The molecule has 2 aromatic carbocycles. The summed E-state index contributed by atoms with van der Waals surface area (Å²) in [5.41, 5.74) is 1.85. The zero-order valence-electron chi connectivity index (χ0n) is 16.4. The van der Waals surface area contributed by atoms with Crippen LogP contribution in [-0.2, 0) is 4.79 Å². The standard InChI is InChI=1S/C20H20ClN3O5/c1-11-9-14(6-7-15(11)21)28-12(2)20(25)22-19-18(23-29-24-19)13-5-8-16(26-3)17(10-13)27-4/h5-10,12H,1-4H3,(H,22,24,25)/t12-/m1/s1. The summed E-state index contributed by atoms with van der Waals surface area (Å²) in [5.74, 6) is 1.38. The molecule has 0 saturated carbocycles. The zero-order chi connectivity index (χ0) is 21.0. The van der Waals surface area contributed by atoms with Crippen molar-refractivity contribution in [2.75, 3.05) is 19.5 Å². The van der Waals surface area contributed by atoms with Gasteiger partial charge < -0.3 is 19.5 Å². The first kappa shape index (κ1) is 20.5. The van der Waals surface area contributed by atoms with Crippen molar-refractivity contribution in [3.8, 4) is 28.5 Å². The molecule has 3 aromatic rings. The minimum absolute atomic E-state index is 0.171. The smallest absolute Gasteiger partial charge is 0.266 e. The van der Waals surface area contributed by atoms with Crippen LogP contribution in [0.1, 0.15) is 12.5 Å². The Morgan fingerprint density at radius 2 is 1.86 bits per heavy atom. The Balaban J connectivity index is 1.75. The number of ether oxygens (including phenoxy) is 3. The lowest BCUT2D eigenvalue weighted by Crippen LogP contribution is -2.30. The van der Waals surface area contributed by atoms with Gasteiger partial charge in [-0.25, -0.2) is 4.63 Å². The Bertz CT molecular complexity index is 1020. The molecule has 1 heterocycles. The third-order valence-electron chi connectivity index (χ3n) is 4.20. The maximum Gasteiger partial charge on any atom is 0.266 e. The van der Waals surface area contributed by atoms with Gasteiger partial charge in [-0.3, -0.25) is 4.79 Å². The molecule has 0 aliphatic carbocycles. The van der Waals surface area contributed by atoms with E-state index in [0.717, 1.165) is 5.56 Å². The predicted molar refractivity (Wildman–Crippen MR) is 108 cm³/mol. The number of hydrogen-bond donors (Lipinski definition) is 1.